The Morgan fingerprint density at radius 2 is 1.67 bits per heavy atom. The molecule has 0 aromatic heterocycles. The Bertz CT molecular complexity index is 837. The van der Waals surface area contributed by atoms with Crippen LogP contribution in [0.15, 0.2) is 56.3 Å². The first-order valence-corrected chi connectivity index (χ1v) is 10.2. The second kappa shape index (κ2) is 8.24. The highest BCUT2D eigenvalue weighted by atomic mass is 79.9. The first kappa shape index (κ1) is 19.1. The number of nitrogens with one attached hydrogen (secondary N) is 2. The zero-order valence-electron chi connectivity index (χ0n) is 12.8. The van der Waals surface area contributed by atoms with Crippen molar-refractivity contribution >= 4 is 53.5 Å². The van der Waals surface area contributed by atoms with Gasteiger partial charge in [-0.25, -0.2) is 13.1 Å². The topological polar surface area (TPSA) is 75.3 Å². The standard InChI is InChI=1S/C16H16Br2N2O3S/c1-11-10-13(18)4-7-15(11)20-16(21)8-9-19-24(22,23)14-5-2-12(17)3-6-14/h2-7,10,19H,8-9H2,1H3,(H,20,21). The van der Waals surface area contributed by atoms with Crippen LogP contribution in [-0.2, 0) is 14.8 Å². The minimum Gasteiger partial charge on any atom is -0.326 e. The highest BCUT2D eigenvalue weighted by Crippen LogP contribution is 2.20. The Morgan fingerprint density at radius 1 is 1.04 bits per heavy atom. The lowest BCUT2D eigenvalue weighted by Gasteiger charge is -2.10. The number of amides is 1. The molecule has 0 saturated carbocycles. The molecular weight excluding hydrogens is 460 g/mol. The highest BCUT2D eigenvalue weighted by molar-refractivity contribution is 9.10. The summed E-state index contributed by atoms with van der Waals surface area (Å²) in [7, 11) is -3.62. The van der Waals surface area contributed by atoms with Gasteiger partial charge in [0.2, 0.25) is 15.9 Å². The summed E-state index contributed by atoms with van der Waals surface area (Å²) in [6.45, 7) is 1.91. The zero-order chi connectivity index (χ0) is 17.7. The molecule has 5 nitrogen and oxygen atoms in total. The lowest BCUT2D eigenvalue weighted by Crippen LogP contribution is -2.27. The van der Waals surface area contributed by atoms with Crippen molar-refractivity contribution < 1.29 is 13.2 Å². The molecule has 2 aromatic rings. The van der Waals surface area contributed by atoms with E-state index in [0.717, 1.165) is 14.5 Å². The molecule has 0 spiro atoms. The molecule has 2 N–H and O–H groups in total. The van der Waals surface area contributed by atoms with Gasteiger partial charge in [-0.1, -0.05) is 31.9 Å². The van der Waals surface area contributed by atoms with Gasteiger partial charge in [-0.15, -0.1) is 0 Å². The predicted octanol–water partition coefficient (Wildman–Crippen LogP) is 3.83. The average Bonchev–Trinajstić information content (AvgIpc) is 2.50. The molecule has 0 fully saturated rings. The molecule has 8 heteroatoms. The van der Waals surface area contributed by atoms with Crippen molar-refractivity contribution in [3.05, 3.63) is 57.0 Å². The van der Waals surface area contributed by atoms with Crippen molar-refractivity contribution in [1.29, 1.82) is 0 Å². The van der Waals surface area contributed by atoms with E-state index in [1.807, 2.05) is 19.1 Å². The third-order valence-corrected chi connectivity index (χ3v) is 5.73. The fourth-order valence-corrected chi connectivity index (χ4v) is 3.75. The maximum absolute atomic E-state index is 12.1. The van der Waals surface area contributed by atoms with E-state index in [9.17, 15) is 13.2 Å². The van der Waals surface area contributed by atoms with Crippen LogP contribution < -0.4 is 10.0 Å². The summed E-state index contributed by atoms with van der Waals surface area (Å²) in [5, 5.41) is 2.77. The smallest absolute Gasteiger partial charge is 0.240 e. The number of carbonyl (C=O) groups is 1. The van der Waals surface area contributed by atoms with Gasteiger partial charge in [0, 0.05) is 27.6 Å². The lowest BCUT2D eigenvalue weighted by atomic mass is 10.2. The van der Waals surface area contributed by atoms with Gasteiger partial charge in [-0.05, 0) is 55.0 Å². The fourth-order valence-electron chi connectivity index (χ4n) is 1.98. The zero-order valence-corrected chi connectivity index (χ0v) is 16.8. The first-order chi connectivity index (χ1) is 11.3. The van der Waals surface area contributed by atoms with Gasteiger partial charge >= 0.3 is 0 Å². The molecule has 2 rings (SSSR count). The van der Waals surface area contributed by atoms with Gasteiger partial charge in [0.15, 0.2) is 0 Å². The van der Waals surface area contributed by atoms with Gasteiger partial charge in [0.1, 0.15) is 0 Å². The number of hydrogen-bond donors (Lipinski definition) is 2. The van der Waals surface area contributed by atoms with E-state index < -0.39 is 10.0 Å². The molecule has 2 aromatic carbocycles. The molecule has 0 heterocycles. The van der Waals surface area contributed by atoms with E-state index >= 15 is 0 Å². The third-order valence-electron chi connectivity index (χ3n) is 3.23. The molecule has 0 aliphatic rings. The van der Waals surface area contributed by atoms with E-state index in [0.29, 0.717) is 5.69 Å². The summed E-state index contributed by atoms with van der Waals surface area (Å²) in [5.74, 6) is -0.251. The average molecular weight is 476 g/mol. The van der Waals surface area contributed by atoms with E-state index in [-0.39, 0.29) is 23.8 Å². The Balaban J connectivity index is 1.89. The van der Waals surface area contributed by atoms with Crippen LogP contribution in [0.2, 0.25) is 0 Å². The van der Waals surface area contributed by atoms with Crippen LogP contribution in [0.5, 0.6) is 0 Å². The molecule has 0 atom stereocenters. The van der Waals surface area contributed by atoms with Crippen molar-refractivity contribution in [2.24, 2.45) is 0 Å². The number of hydrogen-bond acceptors (Lipinski definition) is 3. The second-order valence-electron chi connectivity index (χ2n) is 5.11. The summed E-state index contributed by atoms with van der Waals surface area (Å²) in [5.41, 5.74) is 1.63. The maximum atomic E-state index is 12.1. The van der Waals surface area contributed by atoms with Crippen LogP contribution in [0.4, 0.5) is 5.69 Å². The van der Waals surface area contributed by atoms with Crippen molar-refractivity contribution in [2.75, 3.05) is 11.9 Å². The molecule has 24 heavy (non-hydrogen) atoms. The molecule has 0 radical (unpaired) electrons. The molecule has 128 valence electrons. The van der Waals surface area contributed by atoms with Crippen LogP contribution in [0, 0.1) is 6.92 Å². The number of aryl methyl sites for hydroxylation is 1. The van der Waals surface area contributed by atoms with Gasteiger partial charge in [0.25, 0.3) is 0 Å². The van der Waals surface area contributed by atoms with E-state index in [1.165, 1.54) is 12.1 Å². The normalized spacial score (nSPS) is 11.3. The van der Waals surface area contributed by atoms with Crippen LogP contribution in [-0.4, -0.2) is 20.9 Å². The number of carbonyl (C=O) groups excluding carboxylic acids is 1. The Labute approximate surface area is 158 Å². The third kappa shape index (κ3) is 5.41. The lowest BCUT2D eigenvalue weighted by molar-refractivity contribution is -0.116. The van der Waals surface area contributed by atoms with E-state index in [1.54, 1.807) is 18.2 Å². The Morgan fingerprint density at radius 3 is 2.29 bits per heavy atom. The molecule has 0 aliphatic heterocycles. The summed E-state index contributed by atoms with van der Waals surface area (Å²) in [6, 6.07) is 11.8. The quantitative estimate of drug-likeness (QED) is 0.666. The van der Waals surface area contributed by atoms with Crippen LogP contribution in [0.25, 0.3) is 0 Å². The number of benzene rings is 2. The number of halogens is 2. The highest BCUT2D eigenvalue weighted by Gasteiger charge is 2.14. The second-order valence-corrected chi connectivity index (χ2v) is 8.71. The van der Waals surface area contributed by atoms with Crippen LogP contribution in [0.1, 0.15) is 12.0 Å². The number of anilines is 1. The summed E-state index contributed by atoms with van der Waals surface area (Å²) >= 11 is 6.62. The fraction of sp³-hybridized carbons (Fsp3) is 0.188. The number of sulfonamides is 1. The van der Waals surface area contributed by atoms with Crippen molar-refractivity contribution in [3.8, 4) is 0 Å². The van der Waals surface area contributed by atoms with Gasteiger partial charge < -0.3 is 5.32 Å². The van der Waals surface area contributed by atoms with Crippen molar-refractivity contribution in [3.63, 3.8) is 0 Å². The Kier molecular flexibility index (Phi) is 6.56. The molecule has 0 saturated heterocycles. The van der Waals surface area contributed by atoms with E-state index in [4.69, 9.17) is 0 Å². The first-order valence-electron chi connectivity index (χ1n) is 7.09. The van der Waals surface area contributed by atoms with Gasteiger partial charge in [0.05, 0.1) is 4.90 Å². The van der Waals surface area contributed by atoms with Crippen molar-refractivity contribution in [2.45, 2.75) is 18.2 Å². The van der Waals surface area contributed by atoms with Gasteiger partial charge in [-0.3, -0.25) is 4.79 Å². The molecular formula is C16H16Br2N2O3S. The molecule has 0 unspecified atom stereocenters. The largest absolute Gasteiger partial charge is 0.326 e. The predicted molar refractivity (Wildman–Crippen MR) is 101 cm³/mol. The minimum atomic E-state index is -3.62. The van der Waals surface area contributed by atoms with Crippen LogP contribution >= 0.6 is 31.9 Å². The monoisotopic (exact) mass is 474 g/mol. The Hall–Kier alpha value is -1.22. The van der Waals surface area contributed by atoms with E-state index in [2.05, 4.69) is 41.9 Å². The number of rotatable bonds is 6. The molecule has 0 aliphatic carbocycles. The summed E-state index contributed by atoms with van der Waals surface area (Å²) < 4.78 is 28.4. The van der Waals surface area contributed by atoms with Crippen molar-refractivity contribution in [1.82, 2.24) is 4.72 Å². The summed E-state index contributed by atoms with van der Waals surface area (Å²) in [4.78, 5) is 12.1. The molecule has 1 amide bonds. The SMILES string of the molecule is Cc1cc(Br)ccc1NC(=O)CCNS(=O)(=O)c1ccc(Br)cc1. The minimum absolute atomic E-state index is 0.0276. The maximum Gasteiger partial charge on any atom is 0.240 e. The molecule has 0 bridgehead atoms. The van der Waals surface area contributed by atoms with Crippen LogP contribution in [0.3, 0.4) is 0 Å². The summed E-state index contributed by atoms with van der Waals surface area (Å²) in [6.07, 6.45) is 0.0469. The van der Waals surface area contributed by atoms with Gasteiger partial charge in [-0.2, -0.15) is 0 Å².